The highest BCUT2D eigenvalue weighted by Gasteiger charge is 2.25. The van der Waals surface area contributed by atoms with Gasteiger partial charge in [-0.3, -0.25) is 9.69 Å². The molecule has 0 unspecified atom stereocenters. The van der Waals surface area contributed by atoms with Crippen LogP contribution in [-0.2, 0) is 6.54 Å². The number of thiazole rings is 1. The van der Waals surface area contributed by atoms with Crippen molar-refractivity contribution >= 4 is 32.6 Å². The number of nitrogens with zero attached hydrogens (tertiary/aromatic N) is 2. The maximum absolute atomic E-state index is 14.2. The molecule has 4 rings (SSSR count). The predicted octanol–water partition coefficient (Wildman–Crippen LogP) is 5.56. The standard InChI is InChI=1S/C21H13F3N2OS/c22-14-9-10-15(17(24)11-14)20(27)26(12-13-5-2-1-3-6-13)21-25-19-16(23)7-4-8-18(19)28-21/h1-11H,12H2. The van der Waals surface area contributed by atoms with Crippen molar-refractivity contribution in [2.75, 3.05) is 4.90 Å². The monoisotopic (exact) mass is 398 g/mol. The lowest BCUT2D eigenvalue weighted by Gasteiger charge is -2.20. The van der Waals surface area contributed by atoms with Gasteiger partial charge in [-0.25, -0.2) is 18.2 Å². The van der Waals surface area contributed by atoms with E-state index in [9.17, 15) is 18.0 Å². The summed E-state index contributed by atoms with van der Waals surface area (Å²) in [6.45, 7) is 0.109. The number of hydrogen-bond donors (Lipinski definition) is 0. The SMILES string of the molecule is O=C(c1ccc(F)cc1F)N(Cc1ccccc1)c1nc2c(F)cccc2s1. The van der Waals surface area contributed by atoms with Crippen molar-refractivity contribution < 1.29 is 18.0 Å². The molecule has 140 valence electrons. The van der Waals surface area contributed by atoms with Crippen LogP contribution in [-0.4, -0.2) is 10.9 Å². The summed E-state index contributed by atoms with van der Waals surface area (Å²) in [5.74, 6) is -2.91. The molecule has 0 atom stereocenters. The second-order valence-electron chi connectivity index (χ2n) is 6.08. The van der Waals surface area contributed by atoms with Gasteiger partial charge < -0.3 is 0 Å². The van der Waals surface area contributed by atoms with Gasteiger partial charge in [-0.05, 0) is 29.8 Å². The topological polar surface area (TPSA) is 33.2 Å². The maximum Gasteiger partial charge on any atom is 0.263 e. The molecule has 1 amide bonds. The minimum absolute atomic E-state index is 0.109. The Morgan fingerprint density at radius 2 is 1.71 bits per heavy atom. The third-order valence-electron chi connectivity index (χ3n) is 4.18. The van der Waals surface area contributed by atoms with Crippen molar-refractivity contribution in [1.82, 2.24) is 4.98 Å². The summed E-state index contributed by atoms with van der Waals surface area (Å²) in [5.41, 5.74) is 0.656. The van der Waals surface area contributed by atoms with Gasteiger partial charge in [0.15, 0.2) is 5.13 Å². The fraction of sp³-hybridized carbons (Fsp3) is 0.0476. The molecular formula is C21H13F3N2OS. The molecule has 1 heterocycles. The highest BCUT2D eigenvalue weighted by molar-refractivity contribution is 7.22. The fourth-order valence-electron chi connectivity index (χ4n) is 2.82. The summed E-state index contributed by atoms with van der Waals surface area (Å²) in [7, 11) is 0. The average molecular weight is 398 g/mol. The molecule has 0 aliphatic carbocycles. The number of halogens is 3. The van der Waals surface area contributed by atoms with Gasteiger partial charge in [0.05, 0.1) is 16.8 Å². The van der Waals surface area contributed by atoms with Crippen molar-refractivity contribution in [3.05, 3.63) is 95.3 Å². The zero-order valence-corrected chi connectivity index (χ0v) is 15.2. The molecule has 0 N–H and O–H groups in total. The summed E-state index contributed by atoms with van der Waals surface area (Å²) >= 11 is 1.13. The van der Waals surface area contributed by atoms with Gasteiger partial charge in [-0.1, -0.05) is 47.7 Å². The normalized spacial score (nSPS) is 11.0. The molecule has 0 saturated carbocycles. The summed E-state index contributed by atoms with van der Waals surface area (Å²) in [6, 6.07) is 16.4. The Balaban J connectivity index is 1.80. The van der Waals surface area contributed by atoms with Crippen LogP contribution in [0.15, 0.2) is 66.7 Å². The Labute approximate surface area is 162 Å². The zero-order chi connectivity index (χ0) is 19.7. The molecule has 0 aliphatic heterocycles. The van der Waals surface area contributed by atoms with Crippen LogP contribution in [0.5, 0.6) is 0 Å². The minimum atomic E-state index is -0.963. The Morgan fingerprint density at radius 1 is 0.929 bits per heavy atom. The number of carbonyl (C=O) groups excluding carboxylic acids is 1. The number of anilines is 1. The van der Waals surface area contributed by atoms with Crippen molar-refractivity contribution in [1.29, 1.82) is 0 Å². The number of amides is 1. The number of aromatic nitrogens is 1. The predicted molar refractivity (Wildman–Crippen MR) is 103 cm³/mol. The number of benzene rings is 3. The molecule has 0 saturated heterocycles. The molecule has 0 bridgehead atoms. The van der Waals surface area contributed by atoms with Crippen molar-refractivity contribution in [2.24, 2.45) is 0 Å². The molecule has 3 aromatic carbocycles. The summed E-state index contributed by atoms with van der Waals surface area (Å²) in [5, 5.41) is 0.234. The fourth-order valence-corrected chi connectivity index (χ4v) is 3.80. The van der Waals surface area contributed by atoms with Crippen molar-refractivity contribution in [3.8, 4) is 0 Å². The Hall–Kier alpha value is -3.19. The molecule has 3 nitrogen and oxygen atoms in total. The van der Waals surface area contributed by atoms with Gasteiger partial charge >= 0.3 is 0 Å². The van der Waals surface area contributed by atoms with Crippen molar-refractivity contribution in [2.45, 2.75) is 6.54 Å². The first-order valence-electron chi connectivity index (χ1n) is 8.39. The first-order valence-corrected chi connectivity index (χ1v) is 9.20. The van der Waals surface area contributed by atoms with E-state index in [1.807, 2.05) is 30.3 Å². The lowest BCUT2D eigenvalue weighted by atomic mass is 10.1. The first kappa shape index (κ1) is 18.2. The maximum atomic E-state index is 14.2. The van der Waals surface area contributed by atoms with E-state index >= 15 is 0 Å². The molecular weight excluding hydrogens is 385 g/mol. The molecule has 0 spiro atoms. The first-order chi connectivity index (χ1) is 13.5. The highest BCUT2D eigenvalue weighted by Crippen LogP contribution is 2.32. The van der Waals surface area contributed by atoms with E-state index in [1.165, 1.54) is 11.0 Å². The second-order valence-corrected chi connectivity index (χ2v) is 7.09. The van der Waals surface area contributed by atoms with E-state index < -0.39 is 23.4 Å². The Kier molecular flexibility index (Phi) is 4.83. The Bertz CT molecular complexity index is 1160. The van der Waals surface area contributed by atoms with Crippen LogP contribution in [0.3, 0.4) is 0 Å². The van der Waals surface area contributed by atoms with Crippen LogP contribution in [0.25, 0.3) is 10.2 Å². The third-order valence-corrected chi connectivity index (χ3v) is 5.22. The zero-order valence-electron chi connectivity index (χ0n) is 14.4. The molecule has 0 radical (unpaired) electrons. The van der Waals surface area contributed by atoms with E-state index in [4.69, 9.17) is 0 Å². The number of carbonyl (C=O) groups is 1. The van der Waals surface area contributed by atoms with E-state index in [0.29, 0.717) is 10.8 Å². The van der Waals surface area contributed by atoms with Crippen LogP contribution in [0.4, 0.5) is 18.3 Å². The largest absolute Gasteiger partial charge is 0.279 e. The van der Waals surface area contributed by atoms with Gasteiger partial charge in [0.25, 0.3) is 5.91 Å². The van der Waals surface area contributed by atoms with Crippen LogP contribution >= 0.6 is 11.3 Å². The summed E-state index contributed by atoms with van der Waals surface area (Å²) in [4.78, 5) is 18.6. The molecule has 7 heteroatoms. The van der Waals surface area contributed by atoms with E-state index in [-0.39, 0.29) is 22.8 Å². The number of hydrogen-bond acceptors (Lipinski definition) is 3. The smallest absolute Gasteiger partial charge is 0.263 e. The number of para-hydroxylation sites is 1. The average Bonchev–Trinajstić information content (AvgIpc) is 3.12. The minimum Gasteiger partial charge on any atom is -0.279 e. The van der Waals surface area contributed by atoms with E-state index in [2.05, 4.69) is 4.98 Å². The molecule has 28 heavy (non-hydrogen) atoms. The van der Waals surface area contributed by atoms with Crippen molar-refractivity contribution in [3.63, 3.8) is 0 Å². The molecule has 0 fully saturated rings. The molecule has 4 aromatic rings. The van der Waals surface area contributed by atoms with Crippen LogP contribution in [0, 0.1) is 17.5 Å². The van der Waals surface area contributed by atoms with Crippen LogP contribution < -0.4 is 4.90 Å². The molecule has 0 aliphatic rings. The molecule has 1 aromatic heterocycles. The van der Waals surface area contributed by atoms with Gasteiger partial charge in [0.2, 0.25) is 0 Å². The summed E-state index contributed by atoms with van der Waals surface area (Å²) in [6.07, 6.45) is 0. The Morgan fingerprint density at radius 3 is 2.43 bits per heavy atom. The van der Waals surface area contributed by atoms with Gasteiger partial charge in [0.1, 0.15) is 23.0 Å². The van der Waals surface area contributed by atoms with Gasteiger partial charge in [-0.15, -0.1) is 0 Å². The van der Waals surface area contributed by atoms with Gasteiger partial charge in [-0.2, -0.15) is 0 Å². The van der Waals surface area contributed by atoms with E-state index in [1.54, 1.807) is 12.1 Å². The lowest BCUT2D eigenvalue weighted by Crippen LogP contribution is -2.31. The number of rotatable bonds is 4. The van der Waals surface area contributed by atoms with E-state index in [0.717, 1.165) is 29.0 Å². The number of fused-ring (bicyclic) bond motifs is 1. The lowest BCUT2D eigenvalue weighted by molar-refractivity contribution is 0.0981. The third kappa shape index (κ3) is 3.48. The van der Waals surface area contributed by atoms with Gasteiger partial charge in [0, 0.05) is 6.07 Å². The summed E-state index contributed by atoms with van der Waals surface area (Å²) < 4.78 is 42.1. The highest BCUT2D eigenvalue weighted by atomic mass is 32.1. The quantitative estimate of drug-likeness (QED) is 0.451. The van der Waals surface area contributed by atoms with Crippen LogP contribution in [0.2, 0.25) is 0 Å². The second kappa shape index (κ2) is 7.44. The van der Waals surface area contributed by atoms with Crippen LogP contribution in [0.1, 0.15) is 15.9 Å².